The highest BCUT2D eigenvalue weighted by Crippen LogP contribution is 2.46. The van der Waals surface area contributed by atoms with E-state index in [1.54, 1.807) is 32.4 Å². The zero-order chi connectivity index (χ0) is 23.7. The molecular weight excluding hydrogens is 418 g/mol. The van der Waals surface area contributed by atoms with Crippen molar-refractivity contribution >= 4 is 17.5 Å². The van der Waals surface area contributed by atoms with Gasteiger partial charge in [-0.05, 0) is 56.5 Å². The fourth-order valence-electron chi connectivity index (χ4n) is 4.71. The second-order valence-corrected chi connectivity index (χ2v) is 8.65. The van der Waals surface area contributed by atoms with Gasteiger partial charge in [0.15, 0.2) is 5.78 Å². The summed E-state index contributed by atoms with van der Waals surface area (Å²) in [4.78, 5) is 31.3. The number of ketones is 1. The first-order chi connectivity index (χ1) is 15.8. The normalized spacial score (nSPS) is 20.2. The number of pyridine rings is 1. The third-order valence-corrected chi connectivity index (χ3v) is 6.15. The van der Waals surface area contributed by atoms with Crippen LogP contribution in [-0.2, 0) is 9.59 Å². The smallest absolute Gasteiger partial charge is 0.255 e. The van der Waals surface area contributed by atoms with Crippen LogP contribution in [0.1, 0.15) is 43.9 Å². The number of nitrogens with one attached hydrogen (secondary N) is 2. The number of carbonyl (C=O) groups is 2. The molecule has 1 aliphatic heterocycles. The minimum atomic E-state index is -0.587. The standard InChI is InChI=1S/C26H29N3O4/c1-14-11-19-25(20(30)12-14)24(18-13-17(32-4)9-10-21(18)33-5)23(16(3)28-19)26(31)29-22-8-6-7-15(2)27-22/h6-10,13-14,24,28H,11-12H2,1-5H3,(H,27,29,31). The fraction of sp³-hybridized carbons (Fsp3) is 0.346. The summed E-state index contributed by atoms with van der Waals surface area (Å²) in [5.41, 5.74) is 4.18. The van der Waals surface area contributed by atoms with E-state index >= 15 is 0 Å². The minimum absolute atomic E-state index is 0.0394. The maximum atomic E-state index is 13.6. The summed E-state index contributed by atoms with van der Waals surface area (Å²) in [7, 11) is 3.17. The molecule has 2 atom stereocenters. The molecule has 0 radical (unpaired) electrons. The van der Waals surface area contributed by atoms with Gasteiger partial charge in [-0.15, -0.1) is 0 Å². The van der Waals surface area contributed by atoms with Gasteiger partial charge in [0.25, 0.3) is 5.91 Å². The van der Waals surface area contributed by atoms with Crippen LogP contribution in [0, 0.1) is 12.8 Å². The van der Waals surface area contributed by atoms with E-state index in [1.165, 1.54) is 0 Å². The maximum Gasteiger partial charge on any atom is 0.255 e. The Bertz CT molecular complexity index is 1180. The average Bonchev–Trinajstić information content (AvgIpc) is 2.77. The number of benzene rings is 1. The van der Waals surface area contributed by atoms with Gasteiger partial charge in [-0.1, -0.05) is 13.0 Å². The van der Waals surface area contributed by atoms with Gasteiger partial charge in [0, 0.05) is 40.2 Å². The quantitative estimate of drug-likeness (QED) is 0.712. The lowest BCUT2D eigenvalue weighted by atomic mass is 9.72. The second kappa shape index (κ2) is 9.10. The van der Waals surface area contributed by atoms with Crippen molar-refractivity contribution in [1.29, 1.82) is 0 Å². The highest BCUT2D eigenvalue weighted by Gasteiger charge is 2.41. The molecule has 7 nitrogen and oxygen atoms in total. The minimum Gasteiger partial charge on any atom is -0.497 e. The van der Waals surface area contributed by atoms with Gasteiger partial charge in [0.05, 0.1) is 20.1 Å². The maximum absolute atomic E-state index is 13.6. The highest BCUT2D eigenvalue weighted by molar-refractivity contribution is 6.09. The van der Waals surface area contributed by atoms with Crippen LogP contribution in [0.3, 0.4) is 0 Å². The number of aromatic nitrogens is 1. The molecule has 1 amide bonds. The Morgan fingerprint density at radius 2 is 1.91 bits per heavy atom. The molecule has 4 rings (SSSR count). The van der Waals surface area contributed by atoms with E-state index in [2.05, 4.69) is 22.5 Å². The Morgan fingerprint density at radius 1 is 1.12 bits per heavy atom. The fourth-order valence-corrected chi connectivity index (χ4v) is 4.71. The third kappa shape index (κ3) is 4.35. The molecule has 1 aromatic carbocycles. The molecule has 2 N–H and O–H groups in total. The SMILES string of the molecule is COc1ccc(OC)c(C2C(C(=O)Nc3cccc(C)n3)=C(C)NC3=C2C(=O)CC(C)C3)c1. The number of amides is 1. The van der Waals surface area contributed by atoms with Gasteiger partial charge >= 0.3 is 0 Å². The Hall–Kier alpha value is -3.61. The number of Topliss-reactive ketones (excluding diaryl/α,β-unsaturated/α-hetero) is 1. The topological polar surface area (TPSA) is 89.6 Å². The highest BCUT2D eigenvalue weighted by atomic mass is 16.5. The summed E-state index contributed by atoms with van der Waals surface area (Å²) >= 11 is 0. The van der Waals surface area contributed by atoms with E-state index in [1.807, 2.05) is 32.0 Å². The predicted molar refractivity (Wildman–Crippen MR) is 126 cm³/mol. The molecule has 0 bridgehead atoms. The summed E-state index contributed by atoms with van der Waals surface area (Å²) in [6.07, 6.45) is 1.19. The van der Waals surface area contributed by atoms with Crippen molar-refractivity contribution < 1.29 is 19.1 Å². The lowest BCUT2D eigenvalue weighted by Gasteiger charge is -2.36. The van der Waals surface area contributed by atoms with Crippen molar-refractivity contribution in [3.8, 4) is 11.5 Å². The molecule has 7 heteroatoms. The molecule has 33 heavy (non-hydrogen) atoms. The number of hydrogen-bond donors (Lipinski definition) is 2. The molecule has 2 unspecified atom stereocenters. The molecule has 0 fully saturated rings. The van der Waals surface area contributed by atoms with Crippen LogP contribution in [0.4, 0.5) is 5.82 Å². The Labute approximate surface area is 193 Å². The van der Waals surface area contributed by atoms with Gasteiger partial charge in [-0.3, -0.25) is 9.59 Å². The summed E-state index contributed by atoms with van der Waals surface area (Å²) < 4.78 is 11.1. The monoisotopic (exact) mass is 447 g/mol. The van der Waals surface area contributed by atoms with E-state index in [0.717, 1.165) is 23.4 Å². The summed E-state index contributed by atoms with van der Waals surface area (Å²) in [5.74, 6) is 1.05. The molecule has 0 spiro atoms. The number of dihydropyridines is 1. The number of hydrogen-bond acceptors (Lipinski definition) is 6. The number of carbonyl (C=O) groups excluding carboxylic acids is 2. The van der Waals surface area contributed by atoms with E-state index in [9.17, 15) is 9.59 Å². The summed E-state index contributed by atoms with van der Waals surface area (Å²) in [5, 5.41) is 6.27. The van der Waals surface area contributed by atoms with Crippen LogP contribution < -0.4 is 20.1 Å². The van der Waals surface area contributed by atoms with E-state index in [4.69, 9.17) is 9.47 Å². The number of methoxy groups -OCH3 is 2. The van der Waals surface area contributed by atoms with Gasteiger partial charge in [-0.25, -0.2) is 4.98 Å². The molecule has 2 heterocycles. The lowest BCUT2D eigenvalue weighted by Crippen LogP contribution is -2.37. The summed E-state index contributed by atoms with van der Waals surface area (Å²) in [6, 6.07) is 10.9. The zero-order valence-corrected chi connectivity index (χ0v) is 19.6. The molecular formula is C26H29N3O4. The third-order valence-electron chi connectivity index (χ3n) is 6.15. The second-order valence-electron chi connectivity index (χ2n) is 8.65. The largest absolute Gasteiger partial charge is 0.497 e. The number of nitrogens with zero attached hydrogens (tertiary/aromatic N) is 1. The van der Waals surface area contributed by atoms with Crippen molar-refractivity contribution in [1.82, 2.24) is 10.3 Å². The molecule has 0 saturated carbocycles. The van der Waals surface area contributed by atoms with Gasteiger partial charge in [0.2, 0.25) is 0 Å². The molecule has 2 aliphatic rings. The predicted octanol–water partition coefficient (Wildman–Crippen LogP) is 4.26. The number of anilines is 1. The number of ether oxygens (including phenoxy) is 2. The van der Waals surface area contributed by atoms with Crippen molar-refractivity contribution in [2.75, 3.05) is 19.5 Å². The van der Waals surface area contributed by atoms with Crippen LogP contribution in [0.15, 0.2) is 58.9 Å². The summed E-state index contributed by atoms with van der Waals surface area (Å²) in [6.45, 7) is 5.80. The average molecular weight is 448 g/mol. The van der Waals surface area contributed by atoms with Gasteiger partial charge in [-0.2, -0.15) is 0 Å². The Balaban J connectivity index is 1.87. The molecule has 1 aromatic heterocycles. The van der Waals surface area contributed by atoms with Gasteiger partial charge < -0.3 is 20.1 Å². The number of rotatable bonds is 5. The Kier molecular flexibility index (Phi) is 6.22. The first-order valence-corrected chi connectivity index (χ1v) is 11.0. The molecule has 0 saturated heterocycles. The van der Waals surface area contributed by atoms with Crippen LogP contribution >= 0.6 is 0 Å². The van der Waals surface area contributed by atoms with Crippen LogP contribution in [-0.4, -0.2) is 30.9 Å². The zero-order valence-electron chi connectivity index (χ0n) is 19.6. The molecule has 1 aliphatic carbocycles. The van der Waals surface area contributed by atoms with E-state index < -0.39 is 5.92 Å². The van der Waals surface area contributed by atoms with Gasteiger partial charge in [0.1, 0.15) is 17.3 Å². The van der Waals surface area contributed by atoms with Crippen molar-refractivity contribution in [2.45, 2.75) is 39.5 Å². The van der Waals surface area contributed by atoms with Crippen LogP contribution in [0.25, 0.3) is 0 Å². The van der Waals surface area contributed by atoms with Crippen molar-refractivity contribution in [3.63, 3.8) is 0 Å². The molecule has 172 valence electrons. The Morgan fingerprint density at radius 3 is 2.61 bits per heavy atom. The van der Waals surface area contributed by atoms with Crippen LogP contribution in [0.5, 0.6) is 11.5 Å². The van der Waals surface area contributed by atoms with Crippen molar-refractivity contribution in [3.05, 3.63) is 70.2 Å². The van der Waals surface area contributed by atoms with E-state index in [-0.39, 0.29) is 17.6 Å². The lowest BCUT2D eigenvalue weighted by molar-refractivity contribution is -0.117. The number of aryl methyl sites for hydroxylation is 1. The van der Waals surface area contributed by atoms with E-state index in [0.29, 0.717) is 40.6 Å². The first kappa shape index (κ1) is 22.6. The number of allylic oxidation sites excluding steroid dienone is 3. The molecule has 2 aromatic rings. The first-order valence-electron chi connectivity index (χ1n) is 11.0. The van der Waals surface area contributed by atoms with Crippen LogP contribution in [0.2, 0.25) is 0 Å². The van der Waals surface area contributed by atoms with Crippen molar-refractivity contribution in [2.24, 2.45) is 5.92 Å².